The summed E-state index contributed by atoms with van der Waals surface area (Å²) in [6, 6.07) is 7.64. The summed E-state index contributed by atoms with van der Waals surface area (Å²) in [5.41, 5.74) is 6.23. The Kier molecular flexibility index (Phi) is 12.3. The Morgan fingerprint density at radius 2 is 1.61 bits per heavy atom. The topological polar surface area (TPSA) is 162 Å². The molecule has 13 heteroatoms. The normalized spacial score (nSPS) is 15.4. The number of aliphatic carboxylic acids is 2. The molecule has 0 aliphatic carbocycles. The van der Waals surface area contributed by atoms with Crippen LogP contribution < -0.4 is 20.7 Å². The lowest BCUT2D eigenvalue weighted by Gasteiger charge is -2.18. The van der Waals surface area contributed by atoms with Gasteiger partial charge in [-0.25, -0.2) is 8.42 Å². The third-order valence-corrected chi connectivity index (χ3v) is 9.29. The molecule has 2 atom stereocenters. The second-order valence-corrected chi connectivity index (χ2v) is 12.6. The van der Waals surface area contributed by atoms with Crippen molar-refractivity contribution in [1.82, 2.24) is 10.0 Å². The molecule has 1 aliphatic rings. The molecular formula is C23H34N4O6S3. The van der Waals surface area contributed by atoms with Gasteiger partial charge in [-0.15, -0.1) is 0 Å². The minimum atomic E-state index is -4.13. The van der Waals surface area contributed by atoms with Gasteiger partial charge in [0.2, 0.25) is 10.0 Å². The quantitative estimate of drug-likeness (QED) is 0.203. The van der Waals surface area contributed by atoms with Crippen molar-refractivity contribution in [2.45, 2.75) is 36.2 Å². The molecule has 0 amide bonds. The molecule has 36 heavy (non-hydrogen) atoms. The molecule has 0 bridgehead atoms. The molecule has 1 fully saturated rings. The van der Waals surface area contributed by atoms with E-state index >= 15 is 0 Å². The van der Waals surface area contributed by atoms with E-state index in [1.54, 1.807) is 24.3 Å². The molecule has 6 N–H and O–H groups in total. The maximum atomic E-state index is 13.0. The summed E-state index contributed by atoms with van der Waals surface area (Å²) in [5.74, 6) is -2.52. The van der Waals surface area contributed by atoms with E-state index in [0.717, 1.165) is 32.7 Å². The van der Waals surface area contributed by atoms with Gasteiger partial charge in [-0.1, -0.05) is 52.3 Å². The van der Waals surface area contributed by atoms with E-state index in [2.05, 4.69) is 10.0 Å². The van der Waals surface area contributed by atoms with Gasteiger partial charge in [0, 0.05) is 42.1 Å². The van der Waals surface area contributed by atoms with Crippen molar-refractivity contribution in [3.63, 3.8) is 0 Å². The summed E-state index contributed by atoms with van der Waals surface area (Å²) in [5, 5.41) is 22.7. The molecule has 10 nitrogen and oxygen atoms in total. The average Bonchev–Trinajstić information content (AvgIpc) is 2.86. The molecule has 2 aromatic rings. The Morgan fingerprint density at radius 1 is 1.00 bits per heavy atom. The van der Waals surface area contributed by atoms with Crippen LogP contribution in [-0.2, 0) is 19.6 Å². The molecule has 3 rings (SSSR count). The molecule has 0 spiro atoms. The van der Waals surface area contributed by atoms with E-state index in [9.17, 15) is 23.1 Å². The van der Waals surface area contributed by atoms with Gasteiger partial charge in [0.1, 0.15) is 12.1 Å². The van der Waals surface area contributed by atoms with Crippen LogP contribution >= 0.6 is 21.6 Å². The van der Waals surface area contributed by atoms with E-state index in [1.165, 1.54) is 38.4 Å². The van der Waals surface area contributed by atoms with Crippen LogP contribution in [0.4, 0.5) is 5.69 Å². The van der Waals surface area contributed by atoms with E-state index < -0.39 is 34.0 Å². The third-order valence-electron chi connectivity index (χ3n) is 5.32. The Hall–Kier alpha value is -2.03. The number of carbonyl (C=O) groups is 2. The minimum Gasteiger partial charge on any atom is -0.480 e. The van der Waals surface area contributed by atoms with Crippen LogP contribution in [0.1, 0.15) is 19.3 Å². The average molecular weight is 559 g/mol. The van der Waals surface area contributed by atoms with Crippen molar-refractivity contribution in [1.29, 1.82) is 0 Å². The van der Waals surface area contributed by atoms with E-state index in [4.69, 9.17) is 10.8 Å². The summed E-state index contributed by atoms with van der Waals surface area (Å²) in [4.78, 5) is 24.1. The summed E-state index contributed by atoms with van der Waals surface area (Å²) >= 11 is 0. The van der Waals surface area contributed by atoms with Gasteiger partial charge in [-0.2, -0.15) is 4.72 Å². The molecule has 1 aliphatic heterocycles. The number of hydrogen-bond acceptors (Lipinski definition) is 9. The standard InChI is InChI=1S/C18H23N3O6S3.C5H11N/c1-21(2)15-7-3-6-12-11(15)5-4-8-16(12)30(26,27)20-14(18(24)25)10-29-28-9-13(19)17(22)23;1-2-4-6-5-3-1/h3-8,13-14,20H,9-10,19H2,1-2H3,(H,22,23)(H,24,25);6H,1-5H2/t13-,14-;/m0./s1. The van der Waals surface area contributed by atoms with Gasteiger partial charge in [0.15, 0.2) is 0 Å². The number of nitrogens with zero attached hydrogens (tertiary/aromatic N) is 1. The maximum Gasteiger partial charge on any atom is 0.322 e. The number of benzene rings is 2. The highest BCUT2D eigenvalue weighted by Crippen LogP contribution is 2.30. The number of hydrogen-bond donors (Lipinski definition) is 5. The Morgan fingerprint density at radius 3 is 2.14 bits per heavy atom. The first-order valence-corrected chi connectivity index (χ1v) is 15.4. The number of anilines is 1. The highest BCUT2D eigenvalue weighted by Gasteiger charge is 2.27. The molecular weight excluding hydrogens is 524 g/mol. The number of nitrogens with one attached hydrogen (secondary N) is 2. The second-order valence-electron chi connectivity index (χ2n) is 8.36. The van der Waals surface area contributed by atoms with Crippen LogP contribution in [0.25, 0.3) is 10.8 Å². The van der Waals surface area contributed by atoms with E-state index in [1.807, 2.05) is 25.1 Å². The van der Waals surface area contributed by atoms with E-state index in [0.29, 0.717) is 5.39 Å². The molecule has 0 saturated carbocycles. The van der Waals surface area contributed by atoms with Crippen molar-refractivity contribution >= 4 is 60.0 Å². The number of fused-ring (bicyclic) bond motifs is 1. The monoisotopic (exact) mass is 558 g/mol. The van der Waals surface area contributed by atoms with Crippen molar-refractivity contribution in [3.8, 4) is 0 Å². The zero-order valence-corrected chi connectivity index (χ0v) is 22.8. The van der Waals surface area contributed by atoms with Crippen LogP contribution in [0.5, 0.6) is 0 Å². The molecule has 0 radical (unpaired) electrons. The summed E-state index contributed by atoms with van der Waals surface area (Å²) in [6.45, 7) is 2.50. The Balaban J connectivity index is 0.000000662. The summed E-state index contributed by atoms with van der Waals surface area (Å²) in [7, 11) is 1.68. The minimum absolute atomic E-state index is 0.0134. The van der Waals surface area contributed by atoms with Crippen LogP contribution in [0.3, 0.4) is 0 Å². The smallest absolute Gasteiger partial charge is 0.322 e. The van der Waals surface area contributed by atoms with Crippen LogP contribution in [0, 0.1) is 0 Å². The van der Waals surface area contributed by atoms with Gasteiger partial charge < -0.3 is 26.2 Å². The van der Waals surface area contributed by atoms with Gasteiger partial charge in [-0.3, -0.25) is 9.59 Å². The van der Waals surface area contributed by atoms with Crippen molar-refractivity contribution in [3.05, 3.63) is 36.4 Å². The number of piperidine rings is 1. The first-order valence-electron chi connectivity index (χ1n) is 11.4. The molecule has 200 valence electrons. The number of nitrogens with two attached hydrogens (primary N) is 1. The van der Waals surface area contributed by atoms with Crippen molar-refractivity contribution < 1.29 is 28.2 Å². The Bertz CT molecular complexity index is 1110. The zero-order chi connectivity index (χ0) is 26.7. The molecule has 0 aromatic heterocycles. The maximum absolute atomic E-state index is 13.0. The fourth-order valence-electron chi connectivity index (χ4n) is 3.41. The first-order chi connectivity index (χ1) is 17.0. The molecule has 1 saturated heterocycles. The zero-order valence-electron chi connectivity index (χ0n) is 20.3. The highest BCUT2D eigenvalue weighted by molar-refractivity contribution is 8.76. The molecule has 1 heterocycles. The lowest BCUT2D eigenvalue weighted by atomic mass is 10.1. The Labute approximate surface area is 219 Å². The van der Waals surface area contributed by atoms with Crippen molar-refractivity contribution in [2.75, 3.05) is 43.6 Å². The van der Waals surface area contributed by atoms with Gasteiger partial charge in [0.05, 0.1) is 4.90 Å². The lowest BCUT2D eigenvalue weighted by molar-refractivity contribution is -0.139. The summed E-state index contributed by atoms with van der Waals surface area (Å²) in [6.07, 6.45) is 4.22. The largest absolute Gasteiger partial charge is 0.480 e. The van der Waals surface area contributed by atoms with Crippen molar-refractivity contribution in [2.24, 2.45) is 5.73 Å². The number of carboxylic acid groups (broad SMARTS) is 2. The SMILES string of the molecule is C1CCNCC1.CN(C)c1cccc2c(S(=O)(=O)N[C@@H](CSSC[C@H](N)C(=O)O)C(=O)O)cccc12. The fraction of sp³-hybridized carbons (Fsp3) is 0.478. The molecule has 0 unspecified atom stereocenters. The lowest BCUT2D eigenvalue weighted by Crippen LogP contribution is -2.42. The second kappa shape index (κ2) is 14.6. The predicted octanol–water partition coefficient (Wildman–Crippen LogP) is 2.19. The highest BCUT2D eigenvalue weighted by atomic mass is 33.1. The molecule has 2 aromatic carbocycles. The number of sulfonamides is 1. The number of rotatable bonds is 11. The van der Waals surface area contributed by atoms with Gasteiger partial charge >= 0.3 is 11.9 Å². The fourth-order valence-corrected chi connectivity index (χ4v) is 7.19. The van der Waals surface area contributed by atoms with Crippen LogP contribution in [-0.4, -0.2) is 81.3 Å². The first kappa shape index (κ1) is 30.2. The third kappa shape index (κ3) is 9.12. The summed E-state index contributed by atoms with van der Waals surface area (Å²) < 4.78 is 28.2. The van der Waals surface area contributed by atoms with Gasteiger partial charge in [-0.05, 0) is 38.1 Å². The van der Waals surface area contributed by atoms with E-state index in [-0.39, 0.29) is 16.4 Å². The van der Waals surface area contributed by atoms with Crippen LogP contribution in [0.15, 0.2) is 41.3 Å². The van der Waals surface area contributed by atoms with Crippen LogP contribution in [0.2, 0.25) is 0 Å². The predicted molar refractivity (Wildman–Crippen MR) is 147 cm³/mol. The number of carboxylic acids is 2. The van der Waals surface area contributed by atoms with Gasteiger partial charge in [0.25, 0.3) is 0 Å².